The van der Waals surface area contributed by atoms with Gasteiger partial charge in [0.25, 0.3) is 5.60 Å². The van der Waals surface area contributed by atoms with Crippen molar-refractivity contribution in [2.24, 2.45) is 0 Å². The Hall–Kier alpha value is -1.19. The summed E-state index contributed by atoms with van der Waals surface area (Å²) >= 11 is 5.95. The van der Waals surface area contributed by atoms with Crippen LogP contribution in [-0.2, 0) is 5.60 Å². The monoisotopic (exact) mass is 390 g/mol. The zero-order valence-corrected chi connectivity index (χ0v) is 14.0. The number of piperazine rings is 1. The number of benzene rings is 1. The van der Waals surface area contributed by atoms with Crippen LogP contribution in [-0.4, -0.2) is 47.6 Å². The van der Waals surface area contributed by atoms with Gasteiger partial charge in [-0.1, -0.05) is 19.1 Å². The third kappa shape index (κ3) is 3.68. The third-order valence-corrected chi connectivity index (χ3v) is 4.65. The van der Waals surface area contributed by atoms with Crippen LogP contribution in [0.15, 0.2) is 24.3 Å². The Morgan fingerprint density at radius 2 is 1.56 bits per heavy atom. The molecule has 0 bridgehead atoms. The molecule has 0 spiro atoms. The molecule has 1 heterocycles. The molecule has 1 aromatic rings. The van der Waals surface area contributed by atoms with Gasteiger partial charge in [-0.15, -0.1) is 0 Å². The Morgan fingerprint density at radius 1 is 1.04 bits per heavy atom. The molecule has 1 atom stereocenters. The number of halogens is 7. The van der Waals surface area contributed by atoms with E-state index in [1.165, 1.54) is 0 Å². The highest BCUT2D eigenvalue weighted by atomic mass is 35.5. The maximum atomic E-state index is 12.9. The number of alkyl halides is 6. The molecule has 0 saturated carbocycles. The van der Waals surface area contributed by atoms with E-state index in [0.29, 0.717) is 43.9 Å². The van der Waals surface area contributed by atoms with Crippen molar-refractivity contribution in [3.05, 3.63) is 29.8 Å². The van der Waals surface area contributed by atoms with Crippen molar-refractivity contribution in [3.8, 4) is 0 Å². The van der Waals surface area contributed by atoms with Gasteiger partial charge in [0, 0.05) is 36.9 Å². The number of anilines is 1. The Kier molecular flexibility index (Phi) is 5.51. The van der Waals surface area contributed by atoms with Crippen LogP contribution in [0.2, 0.25) is 0 Å². The summed E-state index contributed by atoms with van der Waals surface area (Å²) in [6.45, 7) is 3.43. The van der Waals surface area contributed by atoms with Gasteiger partial charge in [-0.2, -0.15) is 26.3 Å². The second-order valence-corrected chi connectivity index (χ2v) is 6.36. The molecule has 25 heavy (non-hydrogen) atoms. The minimum absolute atomic E-state index is 0.0128. The first kappa shape index (κ1) is 20.1. The highest BCUT2D eigenvalue weighted by Crippen LogP contribution is 2.50. The predicted octanol–water partition coefficient (Wildman–Crippen LogP) is 4.05. The van der Waals surface area contributed by atoms with Crippen molar-refractivity contribution >= 4 is 17.5 Å². The number of rotatable bonds is 3. The van der Waals surface area contributed by atoms with Crippen LogP contribution in [0.25, 0.3) is 0 Å². The number of hydrogen-bond donors (Lipinski definition) is 1. The van der Waals surface area contributed by atoms with E-state index in [1.807, 2.05) is 11.8 Å². The summed E-state index contributed by atoms with van der Waals surface area (Å²) in [6, 6.07) is 3.63. The first-order chi connectivity index (χ1) is 11.4. The summed E-state index contributed by atoms with van der Waals surface area (Å²) in [7, 11) is 0. The molecule has 1 fully saturated rings. The van der Waals surface area contributed by atoms with Crippen molar-refractivity contribution < 1.29 is 31.4 Å². The molecule has 10 heteroatoms. The standard InChI is InChI=1S/C15H17ClF6N2O/c1-2-11-9-23(16)7-8-24(11)12-5-3-10(4-6-12)13(25,14(17,18)19)15(20,21)22/h3-6,11,25H,2,7-9H2,1H3/t11-/m0/s1. The van der Waals surface area contributed by atoms with Crippen LogP contribution in [0.5, 0.6) is 0 Å². The summed E-state index contributed by atoms with van der Waals surface area (Å²) in [5.41, 5.74) is -5.69. The minimum Gasteiger partial charge on any atom is -0.369 e. The molecule has 142 valence electrons. The van der Waals surface area contributed by atoms with Crippen LogP contribution in [0.4, 0.5) is 32.0 Å². The van der Waals surface area contributed by atoms with E-state index in [-0.39, 0.29) is 6.04 Å². The molecule has 0 amide bonds. The SMILES string of the molecule is CC[C@H]1CN(Cl)CCN1c1ccc(C(O)(C(F)(F)F)C(F)(F)F)cc1. The number of hydrogen-bond acceptors (Lipinski definition) is 3. The van der Waals surface area contributed by atoms with Gasteiger partial charge in [0.15, 0.2) is 0 Å². The molecule has 0 aliphatic carbocycles. The third-order valence-electron chi connectivity index (χ3n) is 4.34. The lowest BCUT2D eigenvalue weighted by atomic mass is 9.92. The van der Waals surface area contributed by atoms with E-state index >= 15 is 0 Å². The summed E-state index contributed by atoms with van der Waals surface area (Å²) in [5, 5.41) is 9.40. The topological polar surface area (TPSA) is 26.7 Å². The quantitative estimate of drug-likeness (QED) is 0.623. The molecule has 3 nitrogen and oxygen atoms in total. The Balaban J connectivity index is 2.35. The number of nitrogens with zero attached hydrogens (tertiary/aromatic N) is 2. The van der Waals surface area contributed by atoms with Crippen molar-refractivity contribution in [2.75, 3.05) is 24.5 Å². The first-order valence-corrected chi connectivity index (χ1v) is 7.89. The summed E-state index contributed by atoms with van der Waals surface area (Å²) < 4.78 is 79.0. The fourth-order valence-corrected chi connectivity index (χ4v) is 3.12. The molecule has 2 rings (SSSR count). The Morgan fingerprint density at radius 3 is 2.00 bits per heavy atom. The average molecular weight is 391 g/mol. The first-order valence-electron chi connectivity index (χ1n) is 7.55. The summed E-state index contributed by atoms with van der Waals surface area (Å²) in [4.78, 5) is 1.88. The molecule has 1 aliphatic rings. The smallest absolute Gasteiger partial charge is 0.369 e. The fourth-order valence-electron chi connectivity index (χ4n) is 2.89. The second kappa shape index (κ2) is 6.85. The molecular formula is C15H17ClF6N2O. The van der Waals surface area contributed by atoms with Crippen LogP contribution in [0, 0.1) is 0 Å². The van der Waals surface area contributed by atoms with Gasteiger partial charge < -0.3 is 10.0 Å². The van der Waals surface area contributed by atoms with Gasteiger partial charge in [0.05, 0.1) is 0 Å². The van der Waals surface area contributed by atoms with Gasteiger partial charge in [0.2, 0.25) is 0 Å². The Labute approximate surface area is 145 Å². The largest absolute Gasteiger partial charge is 0.430 e. The lowest BCUT2D eigenvalue weighted by Crippen LogP contribution is -2.54. The highest BCUT2D eigenvalue weighted by Gasteiger charge is 2.71. The van der Waals surface area contributed by atoms with E-state index in [4.69, 9.17) is 11.8 Å². The van der Waals surface area contributed by atoms with E-state index in [1.54, 1.807) is 4.42 Å². The van der Waals surface area contributed by atoms with Gasteiger partial charge in [-0.05, 0) is 30.3 Å². The van der Waals surface area contributed by atoms with Crippen molar-refractivity contribution in [2.45, 2.75) is 37.3 Å². The van der Waals surface area contributed by atoms with Gasteiger partial charge in [-0.3, -0.25) is 0 Å². The van der Waals surface area contributed by atoms with Crippen molar-refractivity contribution in [1.82, 2.24) is 4.42 Å². The molecule has 0 unspecified atom stereocenters. The average Bonchev–Trinajstić information content (AvgIpc) is 2.52. The lowest BCUT2D eigenvalue weighted by Gasteiger charge is -2.40. The van der Waals surface area contributed by atoms with Crippen molar-refractivity contribution in [3.63, 3.8) is 0 Å². The molecule has 1 N–H and O–H groups in total. The highest BCUT2D eigenvalue weighted by molar-refractivity contribution is 6.13. The summed E-state index contributed by atoms with van der Waals surface area (Å²) in [6.07, 6.45) is -11.1. The molecule has 1 aliphatic heterocycles. The molecule has 0 aromatic heterocycles. The normalized spacial score (nSPS) is 20.8. The van der Waals surface area contributed by atoms with E-state index in [0.717, 1.165) is 12.1 Å². The van der Waals surface area contributed by atoms with Gasteiger partial charge in [0.1, 0.15) is 0 Å². The maximum Gasteiger partial charge on any atom is 0.430 e. The molecule has 1 saturated heterocycles. The van der Waals surface area contributed by atoms with E-state index < -0.39 is 23.5 Å². The zero-order valence-electron chi connectivity index (χ0n) is 13.2. The zero-order chi connectivity index (χ0) is 19.0. The van der Waals surface area contributed by atoms with Crippen molar-refractivity contribution in [1.29, 1.82) is 0 Å². The second-order valence-electron chi connectivity index (χ2n) is 5.88. The van der Waals surface area contributed by atoms with Gasteiger partial charge in [-0.25, -0.2) is 4.42 Å². The summed E-state index contributed by atoms with van der Waals surface area (Å²) in [5.74, 6) is 0. The van der Waals surface area contributed by atoms with E-state index in [2.05, 4.69) is 0 Å². The fraction of sp³-hybridized carbons (Fsp3) is 0.600. The Bertz CT molecular complexity index is 575. The lowest BCUT2D eigenvalue weighted by molar-refractivity contribution is -0.376. The van der Waals surface area contributed by atoms with Crippen LogP contribution in [0.1, 0.15) is 18.9 Å². The van der Waals surface area contributed by atoms with Gasteiger partial charge >= 0.3 is 12.4 Å². The van der Waals surface area contributed by atoms with Crippen LogP contribution in [0.3, 0.4) is 0 Å². The van der Waals surface area contributed by atoms with Crippen LogP contribution < -0.4 is 4.90 Å². The van der Waals surface area contributed by atoms with Crippen LogP contribution >= 0.6 is 11.8 Å². The van der Waals surface area contributed by atoms with E-state index in [9.17, 15) is 31.4 Å². The predicted molar refractivity (Wildman–Crippen MR) is 81.3 cm³/mol. The number of aliphatic hydroxyl groups is 1. The molecule has 1 aromatic carbocycles. The molecular weight excluding hydrogens is 374 g/mol. The minimum atomic E-state index is -5.89. The maximum absolute atomic E-state index is 12.9. The molecule has 0 radical (unpaired) electrons.